The van der Waals surface area contributed by atoms with Gasteiger partial charge in [0.1, 0.15) is 12.4 Å². The number of hydrogen-bond donors (Lipinski definition) is 0. The monoisotopic (exact) mass is 220 g/mol. The smallest absolute Gasteiger partial charge is 0.496 e. The Balaban J connectivity index is 2.48. The predicted octanol–water partition coefficient (Wildman–Crippen LogP) is 2.24. The lowest BCUT2D eigenvalue weighted by Crippen LogP contribution is -2.26. The van der Waals surface area contributed by atoms with Gasteiger partial charge >= 0.3 is 6.16 Å². The molecule has 0 N–H and O–H groups in total. The molecule has 0 radical (unpaired) electrons. The van der Waals surface area contributed by atoms with Crippen LogP contribution in [0.1, 0.15) is 5.56 Å². The van der Waals surface area contributed by atoms with Crippen LogP contribution in [-0.2, 0) is 15.1 Å². The Bertz CT molecular complexity index is 427. The van der Waals surface area contributed by atoms with Crippen molar-refractivity contribution >= 4 is 6.16 Å². The maximum atomic E-state index is 11.1. The molecule has 1 atom stereocenters. The molecule has 0 aliphatic carbocycles. The van der Waals surface area contributed by atoms with Gasteiger partial charge in [0, 0.05) is 5.56 Å². The van der Waals surface area contributed by atoms with Gasteiger partial charge in [-0.05, 0) is 12.1 Å². The number of cyclic esters (lactones) is 2. The topological polar surface area (TPSA) is 44.8 Å². The normalized spacial score (nSPS) is 23.4. The summed E-state index contributed by atoms with van der Waals surface area (Å²) in [5.74, 6) is 0.640. The molecule has 4 heteroatoms. The predicted molar refractivity (Wildman–Crippen MR) is 57.3 cm³/mol. The van der Waals surface area contributed by atoms with Gasteiger partial charge in [-0.25, -0.2) is 4.79 Å². The first kappa shape index (κ1) is 10.5. The first-order valence-electron chi connectivity index (χ1n) is 4.85. The minimum atomic E-state index is -0.941. The number of methoxy groups -OCH3 is 1. The van der Waals surface area contributed by atoms with Crippen molar-refractivity contribution in [2.24, 2.45) is 0 Å². The molecule has 1 aromatic rings. The van der Waals surface area contributed by atoms with E-state index < -0.39 is 11.8 Å². The maximum absolute atomic E-state index is 11.1. The summed E-state index contributed by atoms with van der Waals surface area (Å²) >= 11 is 0. The number of carbonyl (C=O) groups excluding carboxylic acids is 1. The fraction of sp³-hybridized carbons (Fsp3) is 0.250. The van der Waals surface area contributed by atoms with Crippen LogP contribution in [0.5, 0.6) is 5.75 Å². The maximum Gasteiger partial charge on any atom is 0.509 e. The molecule has 84 valence electrons. The third kappa shape index (κ3) is 1.52. The number of carbonyl (C=O) groups is 1. The van der Waals surface area contributed by atoms with E-state index in [-0.39, 0.29) is 6.61 Å². The molecule has 1 heterocycles. The summed E-state index contributed by atoms with van der Waals surface area (Å²) in [5.41, 5.74) is -0.206. The Kier molecular flexibility index (Phi) is 2.56. The zero-order chi connectivity index (χ0) is 11.6. The van der Waals surface area contributed by atoms with Gasteiger partial charge in [-0.3, -0.25) is 0 Å². The molecule has 1 aliphatic rings. The number of benzene rings is 1. The van der Waals surface area contributed by atoms with E-state index in [0.717, 1.165) is 5.56 Å². The van der Waals surface area contributed by atoms with Crippen molar-refractivity contribution in [3.05, 3.63) is 42.5 Å². The van der Waals surface area contributed by atoms with E-state index >= 15 is 0 Å². The number of rotatable bonds is 3. The zero-order valence-electron chi connectivity index (χ0n) is 8.93. The Morgan fingerprint density at radius 1 is 1.50 bits per heavy atom. The van der Waals surface area contributed by atoms with E-state index in [1.807, 2.05) is 18.2 Å². The van der Waals surface area contributed by atoms with Crippen LogP contribution < -0.4 is 4.74 Å². The molecule has 0 saturated carbocycles. The molecular weight excluding hydrogens is 208 g/mol. The third-order valence-corrected chi connectivity index (χ3v) is 2.56. The third-order valence-electron chi connectivity index (χ3n) is 2.56. The van der Waals surface area contributed by atoms with Crippen molar-refractivity contribution in [3.8, 4) is 5.75 Å². The lowest BCUT2D eigenvalue weighted by atomic mass is 9.94. The minimum absolute atomic E-state index is 0.121. The summed E-state index contributed by atoms with van der Waals surface area (Å²) in [6.45, 7) is 3.81. The molecule has 0 spiro atoms. The van der Waals surface area contributed by atoms with E-state index in [2.05, 4.69) is 6.58 Å². The van der Waals surface area contributed by atoms with E-state index in [9.17, 15) is 4.79 Å². The summed E-state index contributed by atoms with van der Waals surface area (Å²) in [5, 5.41) is 0. The Morgan fingerprint density at radius 3 is 2.81 bits per heavy atom. The summed E-state index contributed by atoms with van der Waals surface area (Å²) < 4.78 is 15.2. The fourth-order valence-corrected chi connectivity index (χ4v) is 1.71. The van der Waals surface area contributed by atoms with Crippen molar-refractivity contribution in [3.63, 3.8) is 0 Å². The molecule has 0 unspecified atom stereocenters. The van der Waals surface area contributed by atoms with E-state index in [1.165, 1.54) is 0 Å². The van der Waals surface area contributed by atoms with Crippen LogP contribution in [0, 0.1) is 0 Å². The van der Waals surface area contributed by atoms with Crippen LogP contribution in [0.4, 0.5) is 4.79 Å². The molecule has 1 aliphatic heterocycles. The van der Waals surface area contributed by atoms with Gasteiger partial charge in [-0.15, -0.1) is 0 Å². The summed E-state index contributed by atoms with van der Waals surface area (Å²) in [6.07, 6.45) is 0.862. The van der Waals surface area contributed by atoms with Gasteiger partial charge in [0.25, 0.3) is 0 Å². The molecule has 1 aromatic carbocycles. The van der Waals surface area contributed by atoms with Crippen LogP contribution in [0.3, 0.4) is 0 Å². The highest BCUT2D eigenvalue weighted by Crippen LogP contribution is 2.37. The van der Waals surface area contributed by atoms with Gasteiger partial charge in [-0.2, -0.15) is 0 Å². The van der Waals surface area contributed by atoms with Gasteiger partial charge in [0.05, 0.1) is 7.11 Å². The zero-order valence-corrected chi connectivity index (χ0v) is 8.93. The molecule has 1 fully saturated rings. The lowest BCUT2D eigenvalue weighted by Gasteiger charge is -2.23. The Morgan fingerprint density at radius 2 is 2.25 bits per heavy atom. The van der Waals surface area contributed by atoms with Gasteiger partial charge in [0.15, 0.2) is 5.60 Å². The molecule has 0 aromatic heterocycles. The largest absolute Gasteiger partial charge is 0.509 e. The van der Waals surface area contributed by atoms with Crippen molar-refractivity contribution in [2.75, 3.05) is 13.7 Å². The van der Waals surface area contributed by atoms with Crippen LogP contribution >= 0.6 is 0 Å². The highest BCUT2D eigenvalue weighted by Gasteiger charge is 2.43. The number of hydrogen-bond acceptors (Lipinski definition) is 4. The number of ether oxygens (including phenoxy) is 3. The average molecular weight is 220 g/mol. The number of para-hydroxylation sites is 1. The second-order valence-electron chi connectivity index (χ2n) is 3.43. The average Bonchev–Trinajstić information content (AvgIpc) is 2.72. The summed E-state index contributed by atoms with van der Waals surface area (Å²) in [6, 6.07) is 7.31. The second kappa shape index (κ2) is 3.89. The Labute approximate surface area is 93.4 Å². The van der Waals surface area contributed by atoms with Gasteiger partial charge < -0.3 is 14.2 Å². The first-order chi connectivity index (χ1) is 7.72. The van der Waals surface area contributed by atoms with Crippen LogP contribution in [0.2, 0.25) is 0 Å². The quantitative estimate of drug-likeness (QED) is 0.579. The van der Waals surface area contributed by atoms with Crippen molar-refractivity contribution < 1.29 is 19.0 Å². The lowest BCUT2D eigenvalue weighted by molar-refractivity contribution is 0.0872. The molecule has 0 amide bonds. The molecule has 16 heavy (non-hydrogen) atoms. The van der Waals surface area contributed by atoms with Crippen molar-refractivity contribution in [2.45, 2.75) is 5.60 Å². The summed E-state index contributed by atoms with van der Waals surface area (Å²) in [4.78, 5) is 11.1. The highest BCUT2D eigenvalue weighted by atomic mass is 16.8. The van der Waals surface area contributed by atoms with E-state index in [1.54, 1.807) is 19.3 Å². The minimum Gasteiger partial charge on any atom is -0.496 e. The van der Waals surface area contributed by atoms with Gasteiger partial charge in [0.2, 0.25) is 0 Å². The van der Waals surface area contributed by atoms with Gasteiger partial charge in [-0.1, -0.05) is 24.8 Å². The second-order valence-corrected chi connectivity index (χ2v) is 3.43. The molecule has 2 rings (SSSR count). The van der Waals surface area contributed by atoms with Crippen molar-refractivity contribution in [1.29, 1.82) is 0 Å². The van der Waals surface area contributed by atoms with Crippen molar-refractivity contribution in [1.82, 2.24) is 0 Å². The fourth-order valence-electron chi connectivity index (χ4n) is 1.71. The molecular formula is C12H12O4. The molecule has 0 bridgehead atoms. The SMILES string of the molecule is C=C[C@@]1(c2ccccc2OC)COC(=O)O1. The highest BCUT2D eigenvalue weighted by molar-refractivity contribution is 5.65. The Hall–Kier alpha value is -1.97. The van der Waals surface area contributed by atoms with Crippen LogP contribution in [-0.4, -0.2) is 19.9 Å². The van der Waals surface area contributed by atoms with E-state index in [0.29, 0.717) is 5.75 Å². The molecule has 4 nitrogen and oxygen atoms in total. The first-order valence-corrected chi connectivity index (χ1v) is 4.85. The molecule has 1 saturated heterocycles. The van der Waals surface area contributed by atoms with Crippen LogP contribution in [0.25, 0.3) is 0 Å². The summed E-state index contributed by atoms with van der Waals surface area (Å²) in [7, 11) is 1.56. The van der Waals surface area contributed by atoms with Crippen LogP contribution in [0.15, 0.2) is 36.9 Å². The van der Waals surface area contributed by atoms with E-state index in [4.69, 9.17) is 14.2 Å². The standard InChI is InChI=1S/C12H12O4/c1-3-12(8-15-11(13)16-12)9-6-4-5-7-10(9)14-2/h3-7H,1,8H2,2H3/t12-/m0/s1.